The highest BCUT2D eigenvalue weighted by Crippen LogP contribution is 2.43. The first-order valence-corrected chi connectivity index (χ1v) is 7.12. The summed E-state index contributed by atoms with van der Waals surface area (Å²) in [6.07, 6.45) is 3.72. The molecule has 1 heterocycles. The quantitative estimate of drug-likeness (QED) is 0.925. The Bertz CT molecular complexity index is 428. The van der Waals surface area contributed by atoms with Gasteiger partial charge in [-0.1, -0.05) is 6.42 Å². The lowest BCUT2D eigenvalue weighted by Crippen LogP contribution is -2.27. The van der Waals surface area contributed by atoms with E-state index in [1.165, 1.54) is 30.4 Å². The zero-order valence-corrected chi connectivity index (χ0v) is 12.8. The summed E-state index contributed by atoms with van der Waals surface area (Å²) < 4.78 is 11.8. The second-order valence-electron chi connectivity index (χ2n) is 4.66. The van der Waals surface area contributed by atoms with Crippen molar-refractivity contribution in [1.29, 1.82) is 0 Å². The van der Waals surface area contributed by atoms with E-state index in [2.05, 4.69) is 34.2 Å². The zero-order valence-electron chi connectivity index (χ0n) is 11.2. The Balaban J connectivity index is 2.46. The Hall–Kier alpha value is -0.740. The van der Waals surface area contributed by atoms with Crippen molar-refractivity contribution >= 4 is 15.9 Å². The molecule has 1 aromatic carbocycles. The first kappa shape index (κ1) is 13.7. The summed E-state index contributed by atoms with van der Waals surface area (Å²) in [4.78, 5) is 0. The van der Waals surface area contributed by atoms with Gasteiger partial charge in [0, 0.05) is 6.04 Å². The molecule has 1 fully saturated rings. The minimum Gasteiger partial charge on any atom is -0.493 e. The average molecular weight is 314 g/mol. The molecule has 0 bridgehead atoms. The summed E-state index contributed by atoms with van der Waals surface area (Å²) in [6.45, 7) is 3.21. The van der Waals surface area contributed by atoms with Gasteiger partial charge in [0.25, 0.3) is 0 Å². The largest absolute Gasteiger partial charge is 0.493 e. The Morgan fingerprint density at radius 2 is 2.06 bits per heavy atom. The monoisotopic (exact) mass is 313 g/mol. The van der Waals surface area contributed by atoms with Gasteiger partial charge in [-0.25, -0.2) is 0 Å². The summed E-state index contributed by atoms with van der Waals surface area (Å²) in [6, 6.07) is 2.46. The number of nitrogens with one attached hydrogen (secondary N) is 1. The Morgan fingerprint density at radius 1 is 1.28 bits per heavy atom. The smallest absolute Gasteiger partial charge is 0.175 e. The van der Waals surface area contributed by atoms with Crippen LogP contribution in [0.3, 0.4) is 0 Å². The molecule has 1 N–H and O–H groups in total. The normalized spacial score (nSPS) is 19.7. The Morgan fingerprint density at radius 3 is 2.61 bits per heavy atom. The maximum atomic E-state index is 5.45. The van der Waals surface area contributed by atoms with Gasteiger partial charge in [0.1, 0.15) is 0 Å². The summed E-state index contributed by atoms with van der Waals surface area (Å²) >= 11 is 3.67. The average Bonchev–Trinajstić information content (AvgIpc) is 2.39. The van der Waals surface area contributed by atoms with E-state index in [1.54, 1.807) is 14.2 Å². The number of halogens is 1. The standard InChI is InChI=1S/C14H20BrNO2/c1-9-8-11(17-2)14(18-3)13(15)12(9)10-6-4-5-7-16-10/h8,10,16H,4-7H2,1-3H3. The van der Waals surface area contributed by atoms with Crippen molar-refractivity contribution in [2.75, 3.05) is 20.8 Å². The van der Waals surface area contributed by atoms with E-state index in [9.17, 15) is 0 Å². The Kier molecular flexibility index (Phi) is 4.51. The van der Waals surface area contributed by atoms with Crippen LogP contribution in [0, 0.1) is 6.92 Å². The fourth-order valence-electron chi connectivity index (χ4n) is 2.61. The predicted octanol–water partition coefficient (Wildman–Crippen LogP) is 3.59. The molecule has 1 atom stereocenters. The summed E-state index contributed by atoms with van der Waals surface area (Å²) in [5.41, 5.74) is 2.53. The first-order chi connectivity index (χ1) is 8.69. The number of aryl methyl sites for hydroxylation is 1. The minimum atomic E-state index is 0.410. The van der Waals surface area contributed by atoms with Crippen molar-refractivity contribution in [2.24, 2.45) is 0 Å². The molecular weight excluding hydrogens is 294 g/mol. The predicted molar refractivity (Wildman–Crippen MR) is 76.6 cm³/mol. The third-order valence-electron chi connectivity index (χ3n) is 3.51. The third-order valence-corrected chi connectivity index (χ3v) is 4.30. The van der Waals surface area contributed by atoms with Gasteiger partial charge in [-0.3, -0.25) is 0 Å². The van der Waals surface area contributed by atoms with Crippen LogP contribution in [-0.2, 0) is 0 Å². The highest BCUT2D eigenvalue weighted by molar-refractivity contribution is 9.10. The molecule has 1 aliphatic heterocycles. The Labute approximate surface area is 117 Å². The highest BCUT2D eigenvalue weighted by Gasteiger charge is 2.23. The number of rotatable bonds is 3. The van der Waals surface area contributed by atoms with E-state index in [0.717, 1.165) is 22.5 Å². The molecule has 0 aromatic heterocycles. The molecule has 1 saturated heterocycles. The van der Waals surface area contributed by atoms with Crippen molar-refractivity contribution in [3.63, 3.8) is 0 Å². The molecule has 18 heavy (non-hydrogen) atoms. The van der Waals surface area contributed by atoms with Crippen molar-refractivity contribution in [3.05, 3.63) is 21.7 Å². The van der Waals surface area contributed by atoms with Crippen LogP contribution >= 0.6 is 15.9 Å². The molecule has 3 nitrogen and oxygen atoms in total. The SMILES string of the molecule is COc1cc(C)c(C2CCCCN2)c(Br)c1OC. The van der Waals surface area contributed by atoms with Crippen LogP contribution in [-0.4, -0.2) is 20.8 Å². The van der Waals surface area contributed by atoms with Crippen molar-refractivity contribution in [1.82, 2.24) is 5.32 Å². The van der Waals surface area contributed by atoms with Crippen LogP contribution in [0.2, 0.25) is 0 Å². The number of ether oxygens (including phenoxy) is 2. The molecule has 1 unspecified atom stereocenters. The van der Waals surface area contributed by atoms with Crippen LogP contribution in [0.4, 0.5) is 0 Å². The molecule has 1 aromatic rings. The lowest BCUT2D eigenvalue weighted by Gasteiger charge is -2.27. The van der Waals surface area contributed by atoms with Crippen LogP contribution < -0.4 is 14.8 Å². The molecule has 2 rings (SSSR count). The van der Waals surface area contributed by atoms with Gasteiger partial charge < -0.3 is 14.8 Å². The number of benzene rings is 1. The van der Waals surface area contributed by atoms with Gasteiger partial charge in [-0.2, -0.15) is 0 Å². The van der Waals surface area contributed by atoms with Gasteiger partial charge in [-0.05, 0) is 59.4 Å². The molecule has 0 saturated carbocycles. The van der Waals surface area contributed by atoms with Crippen LogP contribution in [0.15, 0.2) is 10.5 Å². The highest BCUT2D eigenvalue weighted by atomic mass is 79.9. The van der Waals surface area contributed by atoms with Crippen LogP contribution in [0.1, 0.15) is 36.4 Å². The van der Waals surface area contributed by atoms with Crippen molar-refractivity contribution < 1.29 is 9.47 Å². The first-order valence-electron chi connectivity index (χ1n) is 6.33. The second kappa shape index (κ2) is 5.93. The molecule has 1 aliphatic rings. The van der Waals surface area contributed by atoms with Crippen molar-refractivity contribution in [2.45, 2.75) is 32.2 Å². The zero-order chi connectivity index (χ0) is 13.1. The molecule has 0 amide bonds. The molecule has 0 radical (unpaired) electrons. The van der Waals surface area contributed by atoms with Crippen LogP contribution in [0.5, 0.6) is 11.5 Å². The lowest BCUT2D eigenvalue weighted by molar-refractivity contribution is 0.349. The molecule has 0 aliphatic carbocycles. The number of methoxy groups -OCH3 is 2. The summed E-state index contributed by atoms with van der Waals surface area (Å²) in [5.74, 6) is 1.56. The van der Waals surface area contributed by atoms with Gasteiger partial charge >= 0.3 is 0 Å². The minimum absolute atomic E-state index is 0.410. The molecular formula is C14H20BrNO2. The molecule has 0 spiro atoms. The summed E-state index contributed by atoms with van der Waals surface area (Å²) in [7, 11) is 3.35. The number of hydrogen-bond donors (Lipinski definition) is 1. The second-order valence-corrected chi connectivity index (χ2v) is 5.45. The van der Waals surface area contributed by atoms with E-state index >= 15 is 0 Å². The summed E-state index contributed by atoms with van der Waals surface area (Å²) in [5, 5.41) is 3.58. The maximum Gasteiger partial charge on any atom is 0.175 e. The number of piperidine rings is 1. The maximum absolute atomic E-state index is 5.45. The number of hydrogen-bond acceptors (Lipinski definition) is 3. The third kappa shape index (κ3) is 2.50. The fourth-order valence-corrected chi connectivity index (χ4v) is 3.56. The van der Waals surface area contributed by atoms with Gasteiger partial charge in [0.15, 0.2) is 11.5 Å². The topological polar surface area (TPSA) is 30.5 Å². The van der Waals surface area contributed by atoms with Gasteiger partial charge in [0.2, 0.25) is 0 Å². The van der Waals surface area contributed by atoms with Gasteiger partial charge in [-0.15, -0.1) is 0 Å². The molecule has 100 valence electrons. The fraction of sp³-hybridized carbons (Fsp3) is 0.571. The van der Waals surface area contributed by atoms with E-state index in [-0.39, 0.29) is 0 Å². The van der Waals surface area contributed by atoms with E-state index in [0.29, 0.717) is 6.04 Å². The lowest BCUT2D eigenvalue weighted by atomic mass is 9.93. The van der Waals surface area contributed by atoms with E-state index in [1.807, 2.05) is 0 Å². The molecule has 4 heteroatoms. The van der Waals surface area contributed by atoms with E-state index in [4.69, 9.17) is 9.47 Å². The van der Waals surface area contributed by atoms with Crippen LogP contribution in [0.25, 0.3) is 0 Å². The van der Waals surface area contributed by atoms with Gasteiger partial charge in [0.05, 0.1) is 18.7 Å². The van der Waals surface area contributed by atoms with Crippen molar-refractivity contribution in [3.8, 4) is 11.5 Å². The van der Waals surface area contributed by atoms with E-state index < -0.39 is 0 Å².